The predicted molar refractivity (Wildman–Crippen MR) is 74.8 cm³/mol. The quantitative estimate of drug-likeness (QED) is 0.857. The van der Waals surface area contributed by atoms with E-state index in [1.165, 1.54) is 11.3 Å². The van der Waals surface area contributed by atoms with Crippen molar-refractivity contribution in [3.8, 4) is 0 Å². The van der Waals surface area contributed by atoms with Crippen LogP contribution in [0.2, 0.25) is 0 Å². The molecule has 2 heterocycles. The monoisotopic (exact) mass is 291 g/mol. The van der Waals surface area contributed by atoms with Gasteiger partial charge < -0.3 is 10.2 Å². The van der Waals surface area contributed by atoms with Crippen molar-refractivity contribution in [2.45, 2.75) is 20.4 Å². The van der Waals surface area contributed by atoms with Crippen LogP contribution in [0.15, 0.2) is 4.79 Å². The van der Waals surface area contributed by atoms with E-state index in [2.05, 4.69) is 5.32 Å². The third-order valence-electron chi connectivity index (χ3n) is 3.14. The Bertz CT molecular complexity index is 477. The standard InChI is InChI=1S/C11H17N3O2S.ClH/c1-8-9(2)17-11(16)14(8)7-10(15)13-5-3-12-4-6-13;/h12H,3-7H2,1-2H3;1H. The molecule has 1 N–H and O–H groups in total. The number of nitrogens with one attached hydrogen (secondary N) is 1. The number of aryl methyl sites for hydroxylation is 1. The van der Waals surface area contributed by atoms with Crippen LogP contribution in [0.4, 0.5) is 0 Å². The summed E-state index contributed by atoms with van der Waals surface area (Å²) in [7, 11) is 0. The molecular weight excluding hydrogens is 274 g/mol. The number of amides is 1. The van der Waals surface area contributed by atoms with Crippen molar-refractivity contribution in [2.24, 2.45) is 0 Å². The van der Waals surface area contributed by atoms with Crippen LogP contribution < -0.4 is 10.2 Å². The van der Waals surface area contributed by atoms with Crippen molar-refractivity contribution < 1.29 is 4.79 Å². The van der Waals surface area contributed by atoms with E-state index in [-0.39, 0.29) is 29.7 Å². The minimum atomic E-state index is -0.0384. The van der Waals surface area contributed by atoms with E-state index >= 15 is 0 Å². The van der Waals surface area contributed by atoms with Gasteiger partial charge in [0.1, 0.15) is 6.54 Å². The van der Waals surface area contributed by atoms with Gasteiger partial charge in [-0.3, -0.25) is 14.2 Å². The molecule has 0 bridgehead atoms. The van der Waals surface area contributed by atoms with Crippen LogP contribution in [0.5, 0.6) is 0 Å². The van der Waals surface area contributed by atoms with Crippen LogP contribution >= 0.6 is 23.7 Å². The van der Waals surface area contributed by atoms with E-state index in [0.717, 1.165) is 36.8 Å². The molecule has 1 aliphatic rings. The molecule has 102 valence electrons. The van der Waals surface area contributed by atoms with Crippen molar-refractivity contribution >= 4 is 29.7 Å². The van der Waals surface area contributed by atoms with Gasteiger partial charge in [0.05, 0.1) is 0 Å². The smallest absolute Gasteiger partial charge is 0.308 e. The summed E-state index contributed by atoms with van der Waals surface area (Å²) >= 11 is 1.21. The minimum Gasteiger partial charge on any atom is -0.339 e. The van der Waals surface area contributed by atoms with Crippen LogP contribution in [-0.2, 0) is 11.3 Å². The molecule has 1 aromatic rings. The molecule has 5 nitrogen and oxygen atoms in total. The van der Waals surface area contributed by atoms with Crippen LogP contribution in [0, 0.1) is 13.8 Å². The number of carbonyl (C=O) groups excluding carboxylic acids is 1. The van der Waals surface area contributed by atoms with Gasteiger partial charge in [-0.25, -0.2) is 0 Å². The highest BCUT2D eigenvalue weighted by atomic mass is 35.5. The van der Waals surface area contributed by atoms with Gasteiger partial charge in [0.2, 0.25) is 5.91 Å². The summed E-state index contributed by atoms with van der Waals surface area (Å²) in [6.45, 7) is 7.11. The lowest BCUT2D eigenvalue weighted by Gasteiger charge is -2.27. The molecule has 7 heteroatoms. The molecule has 0 radical (unpaired) electrons. The number of hydrogen-bond donors (Lipinski definition) is 1. The Hall–Kier alpha value is -0.850. The molecule has 0 aromatic carbocycles. The van der Waals surface area contributed by atoms with Gasteiger partial charge >= 0.3 is 4.87 Å². The first-order valence-electron chi connectivity index (χ1n) is 5.75. The summed E-state index contributed by atoms with van der Waals surface area (Å²) in [5.41, 5.74) is 0.906. The summed E-state index contributed by atoms with van der Waals surface area (Å²) in [4.78, 5) is 26.5. The minimum absolute atomic E-state index is 0. The van der Waals surface area contributed by atoms with E-state index in [9.17, 15) is 9.59 Å². The molecule has 1 saturated heterocycles. The maximum atomic E-state index is 12.0. The summed E-state index contributed by atoms with van der Waals surface area (Å²) in [5.74, 6) is 0.0366. The molecule has 0 atom stereocenters. The highest BCUT2D eigenvalue weighted by molar-refractivity contribution is 7.09. The van der Waals surface area contributed by atoms with Crippen LogP contribution in [0.25, 0.3) is 0 Å². The molecule has 1 amide bonds. The zero-order chi connectivity index (χ0) is 12.4. The summed E-state index contributed by atoms with van der Waals surface area (Å²) in [6.07, 6.45) is 0. The summed E-state index contributed by atoms with van der Waals surface area (Å²) < 4.78 is 1.57. The lowest BCUT2D eigenvalue weighted by Crippen LogP contribution is -2.47. The molecule has 0 saturated carbocycles. The Morgan fingerprint density at radius 2 is 1.94 bits per heavy atom. The second-order valence-electron chi connectivity index (χ2n) is 4.23. The Kier molecular flexibility index (Phi) is 5.37. The third-order valence-corrected chi connectivity index (χ3v) is 4.13. The maximum absolute atomic E-state index is 12.0. The fourth-order valence-corrected chi connectivity index (χ4v) is 2.75. The lowest BCUT2D eigenvalue weighted by atomic mass is 10.3. The number of thiazole rings is 1. The normalized spacial score (nSPS) is 15.3. The molecule has 0 unspecified atom stereocenters. The predicted octanol–water partition coefficient (Wildman–Crippen LogP) is 0.380. The van der Waals surface area contributed by atoms with E-state index < -0.39 is 0 Å². The van der Waals surface area contributed by atoms with E-state index in [0.29, 0.717) is 0 Å². The highest BCUT2D eigenvalue weighted by Crippen LogP contribution is 2.09. The average Bonchev–Trinajstić information content (AvgIpc) is 2.57. The number of piperazine rings is 1. The second kappa shape index (κ2) is 6.36. The number of rotatable bonds is 2. The number of aromatic nitrogens is 1. The van der Waals surface area contributed by atoms with Gasteiger partial charge in [0, 0.05) is 36.8 Å². The van der Waals surface area contributed by atoms with Gasteiger partial charge in [-0.2, -0.15) is 0 Å². The van der Waals surface area contributed by atoms with Gasteiger partial charge in [0.15, 0.2) is 0 Å². The number of carbonyl (C=O) groups is 1. The first-order chi connectivity index (χ1) is 8.09. The number of hydrogen-bond acceptors (Lipinski definition) is 4. The fraction of sp³-hybridized carbons (Fsp3) is 0.636. The molecule has 18 heavy (non-hydrogen) atoms. The van der Waals surface area contributed by atoms with Crippen molar-refractivity contribution in [2.75, 3.05) is 26.2 Å². The molecular formula is C11H18ClN3O2S. The lowest BCUT2D eigenvalue weighted by molar-refractivity contribution is -0.132. The molecule has 1 aliphatic heterocycles. The van der Waals surface area contributed by atoms with Crippen molar-refractivity contribution in [3.63, 3.8) is 0 Å². The molecule has 2 rings (SSSR count). The molecule has 1 fully saturated rings. The largest absolute Gasteiger partial charge is 0.339 e. The third kappa shape index (κ3) is 3.13. The first kappa shape index (κ1) is 15.2. The molecule has 1 aromatic heterocycles. The van der Waals surface area contributed by atoms with Gasteiger partial charge in [0.25, 0.3) is 0 Å². The SMILES string of the molecule is Cc1sc(=O)n(CC(=O)N2CCNCC2)c1C.Cl. The van der Waals surface area contributed by atoms with Crippen LogP contribution in [0.3, 0.4) is 0 Å². The van der Waals surface area contributed by atoms with Crippen LogP contribution in [-0.4, -0.2) is 41.6 Å². The zero-order valence-electron chi connectivity index (χ0n) is 10.6. The first-order valence-corrected chi connectivity index (χ1v) is 6.56. The van der Waals surface area contributed by atoms with Crippen molar-refractivity contribution in [3.05, 3.63) is 20.2 Å². The van der Waals surface area contributed by atoms with Crippen molar-refractivity contribution in [1.82, 2.24) is 14.8 Å². The fourth-order valence-electron chi connectivity index (χ4n) is 1.92. The summed E-state index contributed by atoms with van der Waals surface area (Å²) in [6, 6.07) is 0. The van der Waals surface area contributed by atoms with Gasteiger partial charge in [-0.05, 0) is 13.8 Å². The topological polar surface area (TPSA) is 54.3 Å². The van der Waals surface area contributed by atoms with E-state index in [1.54, 1.807) is 4.57 Å². The zero-order valence-corrected chi connectivity index (χ0v) is 12.2. The average molecular weight is 292 g/mol. The maximum Gasteiger partial charge on any atom is 0.308 e. The van der Waals surface area contributed by atoms with Crippen molar-refractivity contribution in [1.29, 1.82) is 0 Å². The highest BCUT2D eigenvalue weighted by Gasteiger charge is 2.18. The molecule has 0 aliphatic carbocycles. The van der Waals surface area contributed by atoms with Gasteiger partial charge in [-0.1, -0.05) is 11.3 Å². The number of nitrogens with zero attached hydrogens (tertiary/aromatic N) is 2. The van der Waals surface area contributed by atoms with Gasteiger partial charge in [-0.15, -0.1) is 12.4 Å². The Morgan fingerprint density at radius 3 is 2.44 bits per heavy atom. The Morgan fingerprint density at radius 1 is 1.33 bits per heavy atom. The second-order valence-corrected chi connectivity index (χ2v) is 5.39. The number of halogens is 1. The summed E-state index contributed by atoms with van der Waals surface area (Å²) in [5, 5.41) is 3.20. The van der Waals surface area contributed by atoms with E-state index in [4.69, 9.17) is 0 Å². The Balaban J connectivity index is 0.00000162. The van der Waals surface area contributed by atoms with Crippen LogP contribution in [0.1, 0.15) is 10.6 Å². The molecule has 0 spiro atoms. The Labute approximate surface area is 116 Å². The van der Waals surface area contributed by atoms with E-state index in [1.807, 2.05) is 18.7 Å².